The van der Waals surface area contributed by atoms with Gasteiger partial charge in [0.05, 0.1) is 54.9 Å². The van der Waals surface area contributed by atoms with E-state index >= 15 is 0 Å². The maximum Gasteiger partial charge on any atom is 0.331 e. The van der Waals surface area contributed by atoms with Gasteiger partial charge in [0.15, 0.2) is 11.7 Å². The molecule has 0 aromatic heterocycles. The number of carboxylic acid groups (broad SMARTS) is 1. The van der Waals surface area contributed by atoms with E-state index in [1.807, 2.05) is 19.9 Å². The number of guanidine groups is 1. The summed E-state index contributed by atoms with van der Waals surface area (Å²) in [6.07, 6.45) is 2.20. The van der Waals surface area contributed by atoms with Crippen LogP contribution in [0.3, 0.4) is 0 Å². The summed E-state index contributed by atoms with van der Waals surface area (Å²) in [4.78, 5) is 41.1. The van der Waals surface area contributed by atoms with Crippen LogP contribution in [0.4, 0.5) is 0 Å². The molecule has 2 aliphatic rings. The van der Waals surface area contributed by atoms with Gasteiger partial charge in [-0.25, -0.2) is 4.79 Å². The number of nitrogens with one attached hydrogen (secondary N) is 1. The zero-order valence-electron chi connectivity index (χ0n) is 45.2. The Bertz CT molecular complexity index is 1880. The second kappa shape index (κ2) is 34.7. The lowest BCUT2D eigenvalue weighted by Crippen LogP contribution is -2.60. The summed E-state index contributed by atoms with van der Waals surface area (Å²) in [5.74, 6) is -7.44. The van der Waals surface area contributed by atoms with Crippen molar-refractivity contribution in [3.05, 3.63) is 60.3 Å². The summed E-state index contributed by atoms with van der Waals surface area (Å²) < 4.78 is 17.3. The Morgan fingerprint density at radius 1 is 0.827 bits per heavy atom. The summed E-state index contributed by atoms with van der Waals surface area (Å²) in [6, 6.07) is 0. The van der Waals surface area contributed by atoms with Gasteiger partial charge in [-0.2, -0.15) is 0 Å². The van der Waals surface area contributed by atoms with E-state index in [2.05, 4.69) is 22.5 Å². The monoisotopic (exact) mass is 1070 g/mol. The molecule has 1 saturated heterocycles. The predicted octanol–water partition coefficient (Wildman–Crippen LogP) is 2.98. The van der Waals surface area contributed by atoms with Gasteiger partial charge in [0.25, 0.3) is 0 Å². The van der Waals surface area contributed by atoms with Crippen molar-refractivity contribution in [1.82, 2.24) is 5.32 Å². The van der Waals surface area contributed by atoms with Gasteiger partial charge in [-0.3, -0.25) is 14.6 Å². The first-order chi connectivity index (χ1) is 35.3. The van der Waals surface area contributed by atoms with Crippen molar-refractivity contribution in [3.63, 3.8) is 0 Å². The van der Waals surface area contributed by atoms with Crippen LogP contribution in [-0.2, 0) is 28.6 Å². The number of aliphatic hydroxyl groups is 10. The quantitative estimate of drug-likeness (QED) is 0.0334. The van der Waals surface area contributed by atoms with Crippen molar-refractivity contribution in [2.24, 2.45) is 40.3 Å². The van der Waals surface area contributed by atoms with Gasteiger partial charge < -0.3 is 81.4 Å². The first kappa shape index (κ1) is 67.1. The number of unbranched alkanes of at least 4 members (excludes halogenated alkanes) is 2. The lowest BCUT2D eigenvalue weighted by Gasteiger charge is -2.45. The number of allylic oxidation sites excluding steroid dienone is 6. The highest BCUT2D eigenvalue weighted by Gasteiger charge is 2.50. The highest BCUT2D eigenvalue weighted by molar-refractivity contribution is 5.90. The third-order valence-electron chi connectivity index (χ3n) is 14.5. The molecule has 20 nitrogen and oxygen atoms in total. The van der Waals surface area contributed by atoms with Crippen molar-refractivity contribution in [1.29, 1.82) is 0 Å². The number of nitrogens with two attached hydrogens (primary N) is 1. The number of carbonyl (C=O) groups excluding carboxylic acids is 2. The van der Waals surface area contributed by atoms with Crippen LogP contribution < -0.4 is 11.1 Å². The van der Waals surface area contributed by atoms with Gasteiger partial charge in [-0.05, 0) is 75.7 Å². The molecule has 0 amide bonds. The van der Waals surface area contributed by atoms with Crippen LogP contribution >= 0.6 is 0 Å². The number of rotatable bonds is 12. The SMILES string of the molecule is CN=C(N)NCCC/C=C/CCC[C@H](C)[C@H]1OC(=O)/C=C\C=C/[C@@H](C)[C@H](O)C[C@H](O)[C@@H](C)[C@H](O)CC[C@H](C)[C@H](O)C[C@@]2(O)O[C@H](C[C@@H](OC(=O)CC(=O)O)C[C@@H](O)C[C@@H](O)C[C@H](O)/C(C)=C\C=C/[C@@H]1C)C[C@H](O)[C@H]2O. The largest absolute Gasteiger partial charge is 0.481 e. The molecule has 14 N–H and O–H groups in total. The molecule has 0 saturated carbocycles. The van der Waals surface area contributed by atoms with Crippen LogP contribution in [0, 0.1) is 29.6 Å². The normalized spacial score (nSPS) is 37.9. The summed E-state index contributed by atoms with van der Waals surface area (Å²) >= 11 is 0. The van der Waals surface area contributed by atoms with Crippen molar-refractivity contribution in [3.8, 4) is 0 Å². The molecule has 0 aliphatic carbocycles. The number of hydrogen-bond acceptors (Lipinski definition) is 17. The summed E-state index contributed by atoms with van der Waals surface area (Å²) in [5.41, 5.74) is 6.16. The third kappa shape index (κ3) is 25.8. The first-order valence-corrected chi connectivity index (χ1v) is 26.7. The highest BCUT2D eigenvalue weighted by Crippen LogP contribution is 2.36. The number of fused-ring (bicyclic) bond motifs is 2. The zero-order valence-corrected chi connectivity index (χ0v) is 45.2. The molecule has 2 aliphatic heterocycles. The molecule has 0 unspecified atom stereocenters. The number of cyclic esters (lactones) is 1. The predicted molar refractivity (Wildman–Crippen MR) is 282 cm³/mol. The van der Waals surface area contributed by atoms with E-state index in [0.717, 1.165) is 32.1 Å². The Balaban J connectivity index is 2.40. The van der Waals surface area contributed by atoms with Gasteiger partial charge in [-0.1, -0.05) is 83.2 Å². The summed E-state index contributed by atoms with van der Waals surface area (Å²) in [5, 5.41) is 123. The third-order valence-corrected chi connectivity index (χ3v) is 14.5. The molecular formula is C55H93N3O17. The van der Waals surface area contributed by atoms with Gasteiger partial charge >= 0.3 is 17.9 Å². The molecule has 75 heavy (non-hydrogen) atoms. The Hall–Kier alpha value is -4.06. The van der Waals surface area contributed by atoms with Crippen molar-refractivity contribution >= 4 is 23.9 Å². The minimum absolute atomic E-state index is 0.0591. The van der Waals surface area contributed by atoms with Crippen LogP contribution in [0.5, 0.6) is 0 Å². The molecule has 430 valence electrons. The molecule has 2 bridgehead atoms. The van der Waals surface area contributed by atoms with E-state index in [-0.39, 0.29) is 63.2 Å². The fourth-order valence-electron chi connectivity index (χ4n) is 9.32. The van der Waals surface area contributed by atoms with E-state index in [9.17, 15) is 70.6 Å². The Kier molecular flexibility index (Phi) is 31.0. The molecule has 2 heterocycles. The van der Waals surface area contributed by atoms with Gasteiger partial charge in [0.1, 0.15) is 24.7 Å². The number of esters is 2. The molecule has 18 atom stereocenters. The second-order valence-electron chi connectivity index (χ2n) is 21.1. The van der Waals surface area contributed by atoms with Gasteiger partial charge in [-0.15, -0.1) is 0 Å². The highest BCUT2D eigenvalue weighted by atomic mass is 16.7. The maximum atomic E-state index is 13.3. The Morgan fingerprint density at radius 3 is 2.15 bits per heavy atom. The number of nitrogens with zero attached hydrogens (tertiary/aromatic N) is 1. The van der Waals surface area contributed by atoms with Gasteiger partial charge in [0.2, 0.25) is 0 Å². The fourth-order valence-corrected chi connectivity index (χ4v) is 9.32. The number of aliphatic imine (C=N–C) groups is 1. The molecule has 20 heteroatoms. The fraction of sp³-hybridized carbons (Fsp3) is 0.745. The molecular weight excluding hydrogens is 975 g/mol. The van der Waals surface area contributed by atoms with Gasteiger partial charge in [0, 0.05) is 75.9 Å². The summed E-state index contributed by atoms with van der Waals surface area (Å²) in [7, 11) is 1.62. The maximum absolute atomic E-state index is 13.3. The smallest absolute Gasteiger partial charge is 0.331 e. The second-order valence-corrected chi connectivity index (χ2v) is 21.1. The van der Waals surface area contributed by atoms with E-state index < -0.39 is 128 Å². The topological polar surface area (TPSA) is 352 Å². The molecule has 0 spiro atoms. The standard InChI is InChI=1S/C55H93N3O17/c1-33-17-13-14-21-50(69)74-52(36(4)18-12-10-8-9-11-15-24-58-54(56)57-7)37(5)20-16-19-34(2)44(62)27-40(60)25-39(59)26-41(73-51(70)31-49(67)68)28-42-29-47(65)53(71)55(72,75-42)32-48(66)35(3)22-23-43(61)38(6)46(64)30-45(33)63/h8-9,13-14,16-17,19-21,33,35-48,52-53,59-66,71-72H,10-12,15,18,22-32H2,1-7H3,(H,67,68)(H3,56,57,58)/b9-8+,17-13-,20-16-,21-14-,34-19-/t33-,35+,36+,37+,38+,39+,40-,41+,42-,43-,44+,45-,46+,47+,48-,52-,53-,55-/m1/s1. The minimum Gasteiger partial charge on any atom is -0.481 e. The molecule has 0 radical (unpaired) electrons. The van der Waals surface area contributed by atoms with Crippen LogP contribution in [0.2, 0.25) is 0 Å². The molecule has 0 aromatic rings. The number of aliphatic carboxylic acids is 1. The van der Waals surface area contributed by atoms with Crippen molar-refractivity contribution in [2.75, 3.05) is 13.6 Å². The molecule has 2 rings (SSSR count). The Labute approximate surface area is 443 Å². The van der Waals surface area contributed by atoms with Crippen LogP contribution in [0.15, 0.2) is 65.2 Å². The number of hydrogen-bond donors (Lipinski definition) is 13. The molecule has 1 fully saturated rings. The van der Waals surface area contributed by atoms with Crippen molar-refractivity contribution < 1.29 is 84.8 Å². The average molecular weight is 1070 g/mol. The Morgan fingerprint density at radius 2 is 1.48 bits per heavy atom. The molecule has 0 aromatic carbocycles. The number of carbonyl (C=O) groups is 3. The van der Waals surface area contributed by atoms with Crippen LogP contribution in [-0.4, -0.2) is 173 Å². The average Bonchev–Trinajstić information content (AvgIpc) is 3.33. The van der Waals surface area contributed by atoms with Crippen LogP contribution in [0.25, 0.3) is 0 Å². The first-order valence-electron chi connectivity index (χ1n) is 26.7. The lowest BCUT2D eigenvalue weighted by atomic mass is 9.84. The summed E-state index contributed by atoms with van der Waals surface area (Å²) in [6.45, 7) is 11.3. The zero-order chi connectivity index (χ0) is 56.4. The number of aliphatic hydroxyl groups excluding tert-OH is 9. The van der Waals surface area contributed by atoms with E-state index in [1.165, 1.54) is 12.2 Å². The van der Waals surface area contributed by atoms with Crippen molar-refractivity contribution in [2.45, 2.75) is 217 Å². The lowest BCUT2D eigenvalue weighted by molar-refractivity contribution is -0.333. The van der Waals surface area contributed by atoms with Crippen LogP contribution in [0.1, 0.15) is 138 Å². The number of ether oxygens (including phenoxy) is 3. The minimum atomic E-state index is -2.52. The van der Waals surface area contributed by atoms with E-state index in [0.29, 0.717) is 18.1 Å². The van der Waals surface area contributed by atoms with E-state index in [1.54, 1.807) is 59.0 Å². The van der Waals surface area contributed by atoms with E-state index in [4.69, 9.17) is 19.9 Å². The number of carboxylic acids is 1.